The molecule has 1 aromatic carbocycles. The van der Waals surface area contributed by atoms with Crippen LogP contribution in [-0.4, -0.2) is 15.0 Å². The number of aromatic nitrogens is 3. The van der Waals surface area contributed by atoms with Gasteiger partial charge in [0.15, 0.2) is 10.8 Å². The van der Waals surface area contributed by atoms with E-state index in [2.05, 4.69) is 20.3 Å². The number of fused-ring (bicyclic) bond motifs is 1. The molecule has 0 atom stereocenters. The molecule has 0 aliphatic rings. The van der Waals surface area contributed by atoms with Gasteiger partial charge in [0, 0.05) is 10.8 Å². The van der Waals surface area contributed by atoms with Gasteiger partial charge in [0.2, 0.25) is 0 Å². The molecular weight excluding hydrogens is 315 g/mol. The fourth-order valence-electron chi connectivity index (χ4n) is 2.25. The first-order chi connectivity index (χ1) is 11.3. The minimum atomic E-state index is -0.316. The Hall–Kier alpha value is -2.80. The normalized spacial score (nSPS) is 11.0. The summed E-state index contributed by atoms with van der Waals surface area (Å²) in [5.74, 6) is 1.02. The van der Waals surface area contributed by atoms with Crippen LogP contribution in [0.25, 0.3) is 21.7 Å². The van der Waals surface area contributed by atoms with Gasteiger partial charge < -0.3 is 9.73 Å². The molecule has 0 unspecified atom stereocenters. The van der Waals surface area contributed by atoms with Crippen LogP contribution in [0.5, 0.6) is 0 Å². The molecule has 0 radical (unpaired) electrons. The topological polar surface area (TPSA) is 63.8 Å². The molecule has 0 aliphatic heterocycles. The van der Waals surface area contributed by atoms with Crippen molar-refractivity contribution in [2.24, 2.45) is 0 Å². The zero-order valence-electron chi connectivity index (χ0n) is 11.9. The first-order valence-electron chi connectivity index (χ1n) is 6.92. The molecular formula is C16H11FN4OS. The van der Waals surface area contributed by atoms with Gasteiger partial charge in [-0.15, -0.1) is 11.3 Å². The zero-order valence-corrected chi connectivity index (χ0v) is 12.7. The predicted octanol–water partition coefficient (Wildman–Crippen LogP) is 4.10. The lowest BCUT2D eigenvalue weighted by Gasteiger charge is -2.06. The van der Waals surface area contributed by atoms with Crippen LogP contribution < -0.4 is 5.32 Å². The Morgan fingerprint density at radius 3 is 3.04 bits per heavy atom. The van der Waals surface area contributed by atoms with E-state index >= 15 is 0 Å². The molecule has 0 saturated carbocycles. The van der Waals surface area contributed by atoms with Crippen LogP contribution in [0.1, 0.15) is 5.69 Å². The highest BCUT2D eigenvalue weighted by Crippen LogP contribution is 2.25. The second-order valence-corrected chi connectivity index (χ2v) is 5.72. The van der Waals surface area contributed by atoms with Crippen molar-refractivity contribution < 1.29 is 8.81 Å². The van der Waals surface area contributed by atoms with Crippen LogP contribution in [0.4, 0.5) is 10.2 Å². The summed E-state index contributed by atoms with van der Waals surface area (Å²) in [5, 5.41) is 6.61. The van der Waals surface area contributed by atoms with Crippen molar-refractivity contribution in [2.45, 2.75) is 6.54 Å². The number of rotatable bonds is 4. The van der Waals surface area contributed by atoms with Crippen LogP contribution in [0.15, 0.2) is 52.7 Å². The van der Waals surface area contributed by atoms with Crippen molar-refractivity contribution in [1.29, 1.82) is 0 Å². The molecule has 4 rings (SSSR count). The molecule has 3 aromatic heterocycles. The zero-order chi connectivity index (χ0) is 15.6. The fraction of sp³-hybridized carbons (Fsp3) is 0.0625. The largest absolute Gasteiger partial charge is 0.462 e. The van der Waals surface area contributed by atoms with Crippen molar-refractivity contribution in [3.63, 3.8) is 0 Å². The molecule has 0 spiro atoms. The van der Waals surface area contributed by atoms with E-state index in [0.717, 1.165) is 16.5 Å². The van der Waals surface area contributed by atoms with E-state index in [-0.39, 0.29) is 5.82 Å². The molecule has 0 amide bonds. The van der Waals surface area contributed by atoms with Crippen molar-refractivity contribution in [3.8, 4) is 10.8 Å². The summed E-state index contributed by atoms with van der Waals surface area (Å²) in [6.45, 7) is 0.486. The van der Waals surface area contributed by atoms with Gasteiger partial charge >= 0.3 is 0 Å². The predicted molar refractivity (Wildman–Crippen MR) is 86.6 cm³/mol. The molecule has 5 nitrogen and oxygen atoms in total. The summed E-state index contributed by atoms with van der Waals surface area (Å²) in [6, 6.07) is 8.14. The lowest BCUT2D eigenvalue weighted by Crippen LogP contribution is -2.03. The van der Waals surface area contributed by atoms with Gasteiger partial charge in [-0.3, -0.25) is 0 Å². The molecule has 114 valence electrons. The minimum absolute atomic E-state index is 0.316. The number of nitrogens with zero attached hydrogens (tertiary/aromatic N) is 3. The van der Waals surface area contributed by atoms with E-state index in [4.69, 9.17) is 4.42 Å². The third-order valence-electron chi connectivity index (χ3n) is 3.32. The highest BCUT2D eigenvalue weighted by atomic mass is 32.1. The van der Waals surface area contributed by atoms with Gasteiger partial charge in [-0.05, 0) is 30.3 Å². The average Bonchev–Trinajstić information content (AvgIpc) is 3.24. The second-order valence-electron chi connectivity index (χ2n) is 4.86. The molecule has 1 N–H and O–H groups in total. The van der Waals surface area contributed by atoms with Gasteiger partial charge in [-0.2, -0.15) is 0 Å². The summed E-state index contributed by atoms with van der Waals surface area (Å²) < 4.78 is 18.8. The van der Waals surface area contributed by atoms with Crippen molar-refractivity contribution in [3.05, 3.63) is 59.8 Å². The van der Waals surface area contributed by atoms with Gasteiger partial charge in [-0.25, -0.2) is 19.3 Å². The summed E-state index contributed by atoms with van der Waals surface area (Å²) in [7, 11) is 0. The highest BCUT2D eigenvalue weighted by Gasteiger charge is 2.09. The van der Waals surface area contributed by atoms with Crippen LogP contribution in [-0.2, 0) is 6.54 Å². The summed E-state index contributed by atoms with van der Waals surface area (Å²) >= 11 is 1.51. The van der Waals surface area contributed by atoms with Crippen molar-refractivity contribution in [1.82, 2.24) is 15.0 Å². The Morgan fingerprint density at radius 2 is 2.17 bits per heavy atom. The number of furan rings is 1. The minimum Gasteiger partial charge on any atom is -0.462 e. The quantitative estimate of drug-likeness (QED) is 0.612. The average molecular weight is 326 g/mol. The van der Waals surface area contributed by atoms with E-state index in [0.29, 0.717) is 23.3 Å². The monoisotopic (exact) mass is 326 g/mol. The van der Waals surface area contributed by atoms with Crippen molar-refractivity contribution in [2.75, 3.05) is 5.32 Å². The van der Waals surface area contributed by atoms with Gasteiger partial charge in [0.05, 0.1) is 24.0 Å². The third kappa shape index (κ3) is 2.78. The summed E-state index contributed by atoms with van der Waals surface area (Å²) in [4.78, 5) is 12.8. The number of hydrogen-bond donors (Lipinski definition) is 1. The number of anilines is 1. The Balaban J connectivity index is 1.56. The fourth-order valence-corrected chi connectivity index (χ4v) is 3.03. The van der Waals surface area contributed by atoms with Gasteiger partial charge in [0.25, 0.3) is 0 Å². The third-order valence-corrected chi connectivity index (χ3v) is 4.22. The molecule has 0 saturated heterocycles. The first-order valence-corrected chi connectivity index (χ1v) is 7.80. The number of hydrogen-bond acceptors (Lipinski definition) is 6. The Labute approximate surface area is 134 Å². The van der Waals surface area contributed by atoms with Gasteiger partial charge in [0.1, 0.15) is 18.0 Å². The van der Waals surface area contributed by atoms with Crippen LogP contribution in [0.3, 0.4) is 0 Å². The Morgan fingerprint density at radius 1 is 1.22 bits per heavy atom. The SMILES string of the molecule is Fc1ccc2ncnc(NCc3csc(-c4ccco4)n3)c2c1. The molecule has 4 aromatic rings. The van der Waals surface area contributed by atoms with E-state index in [1.807, 2.05) is 17.5 Å². The van der Waals surface area contributed by atoms with E-state index in [9.17, 15) is 4.39 Å². The molecule has 0 aliphatic carbocycles. The smallest absolute Gasteiger partial charge is 0.162 e. The van der Waals surface area contributed by atoms with E-state index < -0.39 is 0 Å². The van der Waals surface area contributed by atoms with Gasteiger partial charge in [-0.1, -0.05) is 0 Å². The Bertz CT molecular complexity index is 952. The van der Waals surface area contributed by atoms with E-state index in [1.54, 1.807) is 12.3 Å². The Kier molecular flexibility index (Phi) is 3.47. The summed E-state index contributed by atoms with van der Waals surface area (Å²) in [5.41, 5.74) is 1.56. The maximum absolute atomic E-state index is 13.4. The lowest BCUT2D eigenvalue weighted by molar-refractivity contribution is 0.581. The second kappa shape index (κ2) is 5.77. The van der Waals surface area contributed by atoms with Crippen LogP contribution in [0, 0.1) is 5.82 Å². The molecule has 0 bridgehead atoms. The highest BCUT2D eigenvalue weighted by molar-refractivity contribution is 7.13. The van der Waals surface area contributed by atoms with E-state index in [1.165, 1.54) is 29.8 Å². The number of nitrogens with one attached hydrogen (secondary N) is 1. The standard InChI is InChI=1S/C16H11FN4OS/c17-10-3-4-13-12(6-10)15(20-9-19-13)18-7-11-8-23-16(21-11)14-2-1-5-22-14/h1-6,8-9H,7H2,(H,18,19,20). The maximum Gasteiger partial charge on any atom is 0.162 e. The lowest BCUT2D eigenvalue weighted by atomic mass is 10.2. The van der Waals surface area contributed by atoms with Crippen molar-refractivity contribution >= 4 is 28.1 Å². The number of halogens is 1. The maximum atomic E-state index is 13.4. The number of benzene rings is 1. The summed E-state index contributed by atoms with van der Waals surface area (Å²) in [6.07, 6.45) is 3.08. The molecule has 0 fully saturated rings. The first kappa shape index (κ1) is 13.8. The van der Waals surface area contributed by atoms with Crippen LogP contribution >= 0.6 is 11.3 Å². The molecule has 7 heteroatoms. The van der Waals surface area contributed by atoms with Crippen LogP contribution in [0.2, 0.25) is 0 Å². The number of thiazole rings is 1. The molecule has 3 heterocycles. The molecule has 23 heavy (non-hydrogen) atoms.